The molecule has 4 rings (SSSR count). The van der Waals surface area contributed by atoms with Gasteiger partial charge in [0.25, 0.3) is 5.56 Å². The summed E-state index contributed by atoms with van der Waals surface area (Å²) in [6, 6.07) is 7.48. The Hall–Kier alpha value is -2.83. The number of amides is 1. The predicted molar refractivity (Wildman–Crippen MR) is 99.0 cm³/mol. The van der Waals surface area contributed by atoms with Gasteiger partial charge in [0.05, 0.1) is 12.7 Å². The van der Waals surface area contributed by atoms with Crippen molar-refractivity contribution in [1.82, 2.24) is 9.97 Å². The van der Waals surface area contributed by atoms with Gasteiger partial charge < -0.3 is 15.0 Å². The quantitative estimate of drug-likeness (QED) is 0.883. The van der Waals surface area contributed by atoms with Crippen LogP contribution in [0.5, 0.6) is 5.75 Å². The molecule has 1 unspecified atom stereocenters. The molecule has 2 N–H and O–H groups in total. The standard InChI is InChI=1S/C19H22N4O3/c1-26-14-8-4-3-7-12(14)13-11-15(24)20-17-16(13)18(25)22-19(21-17)23-9-5-2-6-10-23/h3-4,7-8,13H,2,5-6,9-11H2,1H3,(H2,20,21,22,24,25). The number of carbonyl (C=O) groups is 1. The number of nitrogens with zero attached hydrogens (tertiary/aromatic N) is 2. The summed E-state index contributed by atoms with van der Waals surface area (Å²) in [6.45, 7) is 1.73. The molecule has 0 aliphatic carbocycles. The lowest BCUT2D eigenvalue weighted by atomic mass is 9.86. The number of piperidine rings is 1. The third-order valence-corrected chi connectivity index (χ3v) is 5.11. The SMILES string of the molecule is COc1ccccc1C1CC(=O)Nc2nc(N3CCCCC3)[nH]c(=O)c21. The largest absolute Gasteiger partial charge is 0.496 e. The number of hydrogen-bond acceptors (Lipinski definition) is 5. The Morgan fingerprint density at radius 1 is 1.15 bits per heavy atom. The van der Waals surface area contributed by atoms with Gasteiger partial charge in [-0.25, -0.2) is 0 Å². The fourth-order valence-corrected chi connectivity index (χ4v) is 3.83. The van der Waals surface area contributed by atoms with Crippen molar-refractivity contribution < 1.29 is 9.53 Å². The van der Waals surface area contributed by atoms with Gasteiger partial charge >= 0.3 is 0 Å². The highest BCUT2D eigenvalue weighted by atomic mass is 16.5. The van der Waals surface area contributed by atoms with Crippen LogP contribution in [0.25, 0.3) is 0 Å². The molecule has 136 valence electrons. The lowest BCUT2D eigenvalue weighted by Gasteiger charge is -2.30. The number of fused-ring (bicyclic) bond motifs is 1. The molecular formula is C19H22N4O3. The van der Waals surface area contributed by atoms with Gasteiger partial charge in [0.2, 0.25) is 11.9 Å². The highest BCUT2D eigenvalue weighted by Gasteiger charge is 2.33. The van der Waals surface area contributed by atoms with Crippen LogP contribution in [0.3, 0.4) is 0 Å². The van der Waals surface area contributed by atoms with Gasteiger partial charge in [-0.05, 0) is 25.3 Å². The fraction of sp³-hybridized carbons (Fsp3) is 0.421. The van der Waals surface area contributed by atoms with E-state index in [0.717, 1.165) is 31.5 Å². The maximum absolute atomic E-state index is 12.9. The number of benzene rings is 1. The van der Waals surface area contributed by atoms with E-state index in [2.05, 4.69) is 20.2 Å². The van der Waals surface area contributed by atoms with Gasteiger partial charge in [-0.15, -0.1) is 0 Å². The molecule has 1 aromatic carbocycles. The van der Waals surface area contributed by atoms with E-state index in [1.54, 1.807) is 7.11 Å². The summed E-state index contributed by atoms with van der Waals surface area (Å²) in [5.41, 5.74) is 1.12. The third-order valence-electron chi connectivity index (χ3n) is 5.11. The number of aromatic nitrogens is 2. The van der Waals surface area contributed by atoms with Gasteiger partial charge in [-0.1, -0.05) is 18.2 Å². The normalized spacial score (nSPS) is 19.7. The maximum Gasteiger partial charge on any atom is 0.258 e. The minimum atomic E-state index is -0.374. The molecule has 1 fully saturated rings. The number of hydrogen-bond donors (Lipinski definition) is 2. The van der Waals surface area contributed by atoms with Crippen LogP contribution in [0.2, 0.25) is 0 Å². The molecule has 0 spiro atoms. The highest BCUT2D eigenvalue weighted by Crippen LogP contribution is 2.38. The van der Waals surface area contributed by atoms with Crippen molar-refractivity contribution in [3.8, 4) is 5.75 Å². The molecule has 7 nitrogen and oxygen atoms in total. The molecular weight excluding hydrogens is 332 g/mol. The Morgan fingerprint density at radius 3 is 2.69 bits per heavy atom. The van der Waals surface area contributed by atoms with Crippen molar-refractivity contribution >= 4 is 17.7 Å². The van der Waals surface area contributed by atoms with Crippen molar-refractivity contribution in [2.75, 3.05) is 30.4 Å². The van der Waals surface area contributed by atoms with Crippen LogP contribution < -0.4 is 20.5 Å². The second kappa shape index (κ2) is 6.82. The summed E-state index contributed by atoms with van der Waals surface area (Å²) < 4.78 is 5.44. The Balaban J connectivity index is 1.80. The first-order chi connectivity index (χ1) is 12.7. The first kappa shape index (κ1) is 16.6. The monoisotopic (exact) mass is 354 g/mol. The van der Waals surface area contributed by atoms with Gasteiger partial charge in [0, 0.05) is 31.0 Å². The van der Waals surface area contributed by atoms with E-state index in [9.17, 15) is 9.59 Å². The van der Waals surface area contributed by atoms with E-state index in [1.165, 1.54) is 6.42 Å². The Morgan fingerprint density at radius 2 is 1.92 bits per heavy atom. The fourth-order valence-electron chi connectivity index (χ4n) is 3.83. The van der Waals surface area contributed by atoms with Crippen LogP contribution in [-0.4, -0.2) is 36.1 Å². The second-order valence-electron chi connectivity index (χ2n) is 6.75. The average molecular weight is 354 g/mol. The Labute approximate surface area is 151 Å². The van der Waals surface area contributed by atoms with Crippen LogP contribution in [0.1, 0.15) is 42.7 Å². The van der Waals surface area contributed by atoms with Crippen molar-refractivity contribution in [3.05, 3.63) is 45.7 Å². The maximum atomic E-state index is 12.9. The summed E-state index contributed by atoms with van der Waals surface area (Å²) in [6.07, 6.45) is 3.55. The molecule has 1 aromatic heterocycles. The molecule has 7 heteroatoms. The van der Waals surface area contributed by atoms with Gasteiger partial charge in [0.1, 0.15) is 11.6 Å². The minimum absolute atomic E-state index is 0.142. The number of H-pyrrole nitrogens is 1. The number of anilines is 2. The molecule has 2 aromatic rings. The zero-order valence-corrected chi connectivity index (χ0v) is 14.7. The average Bonchev–Trinajstić information content (AvgIpc) is 2.67. The van der Waals surface area contributed by atoms with Crippen LogP contribution >= 0.6 is 0 Å². The molecule has 2 aliphatic rings. The zero-order valence-electron chi connectivity index (χ0n) is 14.7. The predicted octanol–water partition coefficient (Wildman–Crippen LogP) is 2.24. The van der Waals surface area contributed by atoms with Crippen molar-refractivity contribution in [1.29, 1.82) is 0 Å². The summed E-state index contributed by atoms with van der Waals surface area (Å²) in [7, 11) is 1.59. The summed E-state index contributed by atoms with van der Waals surface area (Å²) in [4.78, 5) is 34.8. The summed E-state index contributed by atoms with van der Waals surface area (Å²) >= 11 is 0. The molecule has 1 atom stereocenters. The first-order valence-electron chi connectivity index (χ1n) is 8.99. The molecule has 2 aliphatic heterocycles. The number of methoxy groups -OCH3 is 1. The van der Waals surface area contributed by atoms with Crippen molar-refractivity contribution in [3.63, 3.8) is 0 Å². The molecule has 26 heavy (non-hydrogen) atoms. The number of ether oxygens (including phenoxy) is 1. The van der Waals surface area contributed by atoms with Crippen molar-refractivity contribution in [2.24, 2.45) is 0 Å². The Kier molecular flexibility index (Phi) is 4.36. The van der Waals surface area contributed by atoms with E-state index in [4.69, 9.17) is 4.74 Å². The number of aromatic amines is 1. The molecule has 0 bridgehead atoms. The van der Waals surface area contributed by atoms with Crippen LogP contribution in [-0.2, 0) is 4.79 Å². The smallest absolute Gasteiger partial charge is 0.258 e. The van der Waals surface area contributed by atoms with Gasteiger partial charge in [0.15, 0.2) is 0 Å². The van der Waals surface area contributed by atoms with E-state index in [1.807, 2.05) is 24.3 Å². The van der Waals surface area contributed by atoms with E-state index in [0.29, 0.717) is 23.1 Å². The lowest BCUT2D eigenvalue weighted by Crippen LogP contribution is -2.36. The number of nitrogens with one attached hydrogen (secondary N) is 2. The van der Waals surface area contributed by atoms with Crippen LogP contribution in [0, 0.1) is 0 Å². The van der Waals surface area contributed by atoms with Gasteiger partial charge in [-0.2, -0.15) is 4.98 Å². The molecule has 1 saturated heterocycles. The minimum Gasteiger partial charge on any atom is -0.496 e. The van der Waals surface area contributed by atoms with E-state index < -0.39 is 0 Å². The van der Waals surface area contributed by atoms with Crippen LogP contribution in [0.15, 0.2) is 29.1 Å². The molecule has 0 saturated carbocycles. The highest BCUT2D eigenvalue weighted by molar-refractivity contribution is 5.94. The third kappa shape index (κ3) is 2.94. The van der Waals surface area contributed by atoms with Crippen molar-refractivity contribution in [2.45, 2.75) is 31.6 Å². The second-order valence-corrected chi connectivity index (χ2v) is 6.75. The lowest BCUT2D eigenvalue weighted by molar-refractivity contribution is -0.116. The first-order valence-corrected chi connectivity index (χ1v) is 8.99. The van der Waals surface area contributed by atoms with Crippen LogP contribution in [0.4, 0.5) is 11.8 Å². The number of para-hydroxylation sites is 1. The molecule has 3 heterocycles. The topological polar surface area (TPSA) is 87.3 Å². The number of rotatable bonds is 3. The number of carbonyl (C=O) groups excluding carboxylic acids is 1. The summed E-state index contributed by atoms with van der Waals surface area (Å²) in [5.74, 6) is 1.05. The van der Waals surface area contributed by atoms with Gasteiger partial charge in [-0.3, -0.25) is 14.6 Å². The van der Waals surface area contributed by atoms with E-state index in [-0.39, 0.29) is 23.8 Å². The Bertz CT molecular complexity index is 887. The summed E-state index contributed by atoms with van der Waals surface area (Å²) in [5, 5.41) is 2.78. The molecule has 0 radical (unpaired) electrons. The zero-order chi connectivity index (χ0) is 18.1. The van der Waals surface area contributed by atoms with E-state index >= 15 is 0 Å². The molecule has 1 amide bonds.